The lowest BCUT2D eigenvalue weighted by Gasteiger charge is -2.04. The Morgan fingerprint density at radius 2 is 1.97 bits per heavy atom. The van der Waals surface area contributed by atoms with E-state index in [0.29, 0.717) is 37.5 Å². The van der Waals surface area contributed by atoms with Crippen molar-refractivity contribution in [2.75, 3.05) is 6.61 Å². The second-order valence-electron chi connectivity index (χ2n) is 6.80. The lowest BCUT2D eigenvalue weighted by atomic mass is 10.2. The van der Waals surface area contributed by atoms with E-state index in [-0.39, 0.29) is 12.2 Å². The molecule has 0 saturated carbocycles. The number of hydrogen-bond acceptors (Lipinski definition) is 9. The summed E-state index contributed by atoms with van der Waals surface area (Å²) in [5, 5.41) is 4.52. The van der Waals surface area contributed by atoms with Crippen molar-refractivity contribution in [2.45, 2.75) is 13.8 Å². The summed E-state index contributed by atoms with van der Waals surface area (Å²) in [5.74, 6) is -0.623. The predicted molar refractivity (Wildman–Crippen MR) is 123 cm³/mol. The average molecular weight is 462 g/mol. The van der Waals surface area contributed by atoms with Crippen LogP contribution in [0.1, 0.15) is 38.1 Å². The van der Waals surface area contributed by atoms with Gasteiger partial charge in [0.1, 0.15) is 21.8 Å². The summed E-state index contributed by atoms with van der Waals surface area (Å²) in [6, 6.07) is 9.90. The van der Waals surface area contributed by atoms with Crippen LogP contribution in [0.2, 0.25) is 0 Å². The summed E-state index contributed by atoms with van der Waals surface area (Å²) >= 11 is 1.12. The van der Waals surface area contributed by atoms with Gasteiger partial charge in [0.25, 0.3) is 5.56 Å². The van der Waals surface area contributed by atoms with Crippen molar-refractivity contribution >= 4 is 39.7 Å². The molecule has 0 aliphatic rings. The number of carbonyl (C=O) groups excluding carboxylic acids is 2. The Balaban J connectivity index is 1.53. The zero-order chi connectivity index (χ0) is 23.4. The number of fused-ring (bicyclic) bond motifs is 1. The molecule has 4 aromatic rings. The first-order valence-corrected chi connectivity index (χ1v) is 10.7. The number of benzene rings is 1. The van der Waals surface area contributed by atoms with Gasteiger partial charge in [0.05, 0.1) is 23.8 Å². The van der Waals surface area contributed by atoms with Gasteiger partial charge in [-0.15, -0.1) is 11.3 Å². The van der Waals surface area contributed by atoms with Crippen LogP contribution in [0.25, 0.3) is 10.2 Å². The minimum atomic E-state index is -0.510. The molecule has 0 fully saturated rings. The van der Waals surface area contributed by atoms with Crippen LogP contribution < -0.4 is 10.3 Å². The summed E-state index contributed by atoms with van der Waals surface area (Å²) in [5.41, 5.74) is 1.16. The molecule has 4 rings (SSSR count). The molecule has 166 valence electrons. The molecule has 0 N–H and O–H groups in total. The molecule has 9 nitrogen and oxygen atoms in total. The molecule has 0 saturated heterocycles. The van der Waals surface area contributed by atoms with E-state index in [9.17, 15) is 14.4 Å². The van der Waals surface area contributed by atoms with Crippen LogP contribution >= 0.6 is 11.3 Å². The van der Waals surface area contributed by atoms with E-state index < -0.39 is 11.9 Å². The van der Waals surface area contributed by atoms with Crippen molar-refractivity contribution in [3.8, 4) is 5.75 Å². The maximum absolute atomic E-state index is 12.9. The third kappa shape index (κ3) is 4.70. The molecule has 1 aromatic carbocycles. The molecule has 0 aliphatic heterocycles. The van der Waals surface area contributed by atoms with E-state index in [4.69, 9.17) is 9.47 Å². The van der Waals surface area contributed by atoms with Gasteiger partial charge in [-0.25, -0.2) is 14.6 Å². The Morgan fingerprint density at radius 3 is 2.67 bits per heavy atom. The Labute approximate surface area is 192 Å². The standard InChI is InChI=1S/C23H18N4O5S/c1-3-31-23(30)19-14(2)18-20(33-19)25-13-27(21(18)28)26-11-15-6-8-17(9-7-15)32-22(29)16-5-4-10-24-12-16/h4-13H,3H2,1-2H3/b26-11-. The smallest absolute Gasteiger partial charge is 0.348 e. The molecule has 0 atom stereocenters. The third-order valence-electron chi connectivity index (χ3n) is 4.61. The van der Waals surface area contributed by atoms with Crippen LogP contribution in [0, 0.1) is 6.92 Å². The fourth-order valence-electron chi connectivity index (χ4n) is 2.99. The van der Waals surface area contributed by atoms with Crippen LogP contribution in [0.15, 0.2) is 65.0 Å². The van der Waals surface area contributed by atoms with E-state index in [1.165, 1.54) is 18.7 Å². The van der Waals surface area contributed by atoms with Gasteiger partial charge in [0.15, 0.2) is 0 Å². The highest BCUT2D eigenvalue weighted by Gasteiger charge is 2.20. The second kappa shape index (κ2) is 9.53. The minimum Gasteiger partial charge on any atom is -0.462 e. The molecule has 3 heterocycles. The molecule has 0 aliphatic carbocycles. The molecule has 33 heavy (non-hydrogen) atoms. The van der Waals surface area contributed by atoms with Gasteiger partial charge in [-0.05, 0) is 61.4 Å². The van der Waals surface area contributed by atoms with Crippen LogP contribution in [-0.4, -0.2) is 39.4 Å². The average Bonchev–Trinajstić information content (AvgIpc) is 3.17. The van der Waals surface area contributed by atoms with E-state index >= 15 is 0 Å². The highest BCUT2D eigenvalue weighted by atomic mass is 32.1. The number of thiophene rings is 1. The molecule has 10 heteroatoms. The molecule has 0 amide bonds. The number of nitrogens with zero attached hydrogens (tertiary/aromatic N) is 4. The van der Waals surface area contributed by atoms with Crippen molar-refractivity contribution in [1.82, 2.24) is 14.6 Å². The van der Waals surface area contributed by atoms with Crippen LogP contribution in [0.3, 0.4) is 0 Å². The Morgan fingerprint density at radius 1 is 1.18 bits per heavy atom. The van der Waals surface area contributed by atoms with Crippen molar-refractivity contribution in [3.63, 3.8) is 0 Å². The van der Waals surface area contributed by atoms with Crippen LogP contribution in [0.5, 0.6) is 5.75 Å². The molecule has 0 unspecified atom stereocenters. The van der Waals surface area contributed by atoms with Crippen molar-refractivity contribution in [3.05, 3.63) is 87.0 Å². The molecule has 3 aromatic heterocycles. The topological polar surface area (TPSA) is 113 Å². The summed E-state index contributed by atoms with van der Waals surface area (Å²) in [6.45, 7) is 3.65. The first-order chi connectivity index (χ1) is 16.0. The highest BCUT2D eigenvalue weighted by Crippen LogP contribution is 2.27. The normalized spacial score (nSPS) is 11.1. The number of carbonyl (C=O) groups is 2. The number of rotatable bonds is 6. The van der Waals surface area contributed by atoms with E-state index in [1.807, 2.05) is 0 Å². The van der Waals surface area contributed by atoms with Crippen molar-refractivity contribution < 1.29 is 19.1 Å². The fourth-order valence-corrected chi connectivity index (χ4v) is 4.02. The Bertz CT molecular complexity index is 1410. The van der Waals surface area contributed by atoms with Gasteiger partial charge >= 0.3 is 11.9 Å². The molecular weight excluding hydrogens is 444 g/mol. The molecular formula is C23H18N4O5S. The Kier molecular flexibility index (Phi) is 6.36. The lowest BCUT2D eigenvalue weighted by molar-refractivity contribution is 0.0531. The zero-order valence-corrected chi connectivity index (χ0v) is 18.5. The van der Waals surface area contributed by atoms with Gasteiger partial charge in [-0.1, -0.05) is 0 Å². The number of aryl methyl sites for hydroxylation is 1. The first kappa shape index (κ1) is 22.0. The quantitative estimate of drug-likeness (QED) is 0.245. The molecule has 0 bridgehead atoms. The number of pyridine rings is 1. The number of esters is 2. The van der Waals surface area contributed by atoms with E-state index in [1.54, 1.807) is 56.4 Å². The first-order valence-electron chi connectivity index (χ1n) is 9.92. The SMILES string of the molecule is CCOC(=O)c1sc2ncn(/N=C\c3ccc(OC(=O)c4cccnc4)cc3)c(=O)c2c1C. The van der Waals surface area contributed by atoms with E-state index in [0.717, 1.165) is 16.0 Å². The van der Waals surface area contributed by atoms with Crippen molar-refractivity contribution in [2.24, 2.45) is 5.10 Å². The fraction of sp³-hybridized carbons (Fsp3) is 0.130. The van der Waals surface area contributed by atoms with E-state index in [2.05, 4.69) is 15.1 Å². The zero-order valence-electron chi connectivity index (χ0n) is 17.7. The number of hydrogen-bond donors (Lipinski definition) is 0. The number of ether oxygens (including phenoxy) is 2. The van der Waals surface area contributed by atoms with Crippen molar-refractivity contribution in [1.29, 1.82) is 0 Å². The van der Waals surface area contributed by atoms with Gasteiger partial charge < -0.3 is 9.47 Å². The van der Waals surface area contributed by atoms with Gasteiger partial charge in [-0.3, -0.25) is 9.78 Å². The maximum atomic E-state index is 12.9. The van der Waals surface area contributed by atoms with Crippen LogP contribution in [0.4, 0.5) is 0 Å². The third-order valence-corrected chi connectivity index (χ3v) is 5.79. The largest absolute Gasteiger partial charge is 0.462 e. The second-order valence-corrected chi connectivity index (χ2v) is 7.79. The predicted octanol–water partition coefficient (Wildman–Crippen LogP) is 3.44. The molecule has 0 radical (unpaired) electrons. The number of aromatic nitrogens is 3. The Hall–Kier alpha value is -4.18. The van der Waals surface area contributed by atoms with Gasteiger partial charge in [0.2, 0.25) is 0 Å². The highest BCUT2D eigenvalue weighted by molar-refractivity contribution is 7.20. The molecule has 0 spiro atoms. The van der Waals surface area contributed by atoms with Crippen LogP contribution in [-0.2, 0) is 4.74 Å². The summed E-state index contributed by atoms with van der Waals surface area (Å²) in [6.07, 6.45) is 5.78. The summed E-state index contributed by atoms with van der Waals surface area (Å²) in [7, 11) is 0. The minimum absolute atomic E-state index is 0.246. The lowest BCUT2D eigenvalue weighted by Crippen LogP contribution is -2.17. The monoisotopic (exact) mass is 462 g/mol. The maximum Gasteiger partial charge on any atom is 0.348 e. The van der Waals surface area contributed by atoms with Gasteiger partial charge in [0, 0.05) is 12.4 Å². The summed E-state index contributed by atoms with van der Waals surface area (Å²) in [4.78, 5) is 46.0. The van der Waals surface area contributed by atoms with Gasteiger partial charge in [-0.2, -0.15) is 9.78 Å². The summed E-state index contributed by atoms with van der Waals surface area (Å²) < 4.78 is 11.5.